The molecule has 4 N–H and O–H groups in total. The summed E-state index contributed by atoms with van der Waals surface area (Å²) in [5.41, 5.74) is 3.21. The molecule has 12 nitrogen and oxygen atoms in total. The van der Waals surface area contributed by atoms with Crippen LogP contribution in [0.2, 0.25) is 0 Å². The number of ether oxygens (including phenoxy) is 2. The fourth-order valence-electron chi connectivity index (χ4n) is 6.48. The average molecular weight is 648 g/mol. The Bertz CT molecular complexity index is 1880. The molecule has 1 saturated heterocycles. The van der Waals surface area contributed by atoms with Crippen molar-refractivity contribution >= 4 is 27.4 Å². The number of nitrogens with one attached hydrogen (secondary N) is 2. The largest absolute Gasteiger partial charge is 0.493 e. The highest BCUT2D eigenvalue weighted by atomic mass is 32.2. The number of likely N-dealkylation sites (tertiary alicyclic amines) is 1. The van der Waals surface area contributed by atoms with Gasteiger partial charge in [0.2, 0.25) is 10.0 Å². The predicted octanol–water partition coefficient (Wildman–Crippen LogP) is 5.23. The summed E-state index contributed by atoms with van der Waals surface area (Å²) >= 11 is 0. The van der Waals surface area contributed by atoms with E-state index in [0.29, 0.717) is 18.4 Å². The van der Waals surface area contributed by atoms with E-state index in [1.165, 1.54) is 13.2 Å². The standard InChI is InChI=1S/C33H41N7O5S/c1-33(2,3)20-17-25(30(44-5)28(18-20)46(34,42)43)36-32(41)35-24-13-14-27(23-10-7-6-9-22(23)24)45-21-12-15-29-37-38-31(40(29)19-21)26-11-8-16-39(26)4/h6-7,9-10,12,15,17-19,24,26-27H,8,11,13-14,16H2,1-5H3,(H2,34,42,43)(H2,35,36,41)/t24-,26-,27+/m0/s1. The van der Waals surface area contributed by atoms with Crippen LogP contribution in [0.5, 0.6) is 11.5 Å². The number of sulfonamides is 1. The van der Waals surface area contributed by atoms with Gasteiger partial charge in [-0.2, -0.15) is 0 Å². The number of fused-ring (bicyclic) bond motifs is 2. The molecule has 0 spiro atoms. The molecule has 0 radical (unpaired) electrons. The molecule has 2 aliphatic rings. The van der Waals surface area contributed by atoms with Crippen LogP contribution >= 0.6 is 0 Å². The lowest BCUT2D eigenvalue weighted by atomic mass is 9.85. The maximum atomic E-state index is 13.4. The van der Waals surface area contributed by atoms with E-state index in [-0.39, 0.29) is 34.5 Å². The summed E-state index contributed by atoms with van der Waals surface area (Å²) in [6.07, 6.45) is 5.22. The lowest BCUT2D eigenvalue weighted by Gasteiger charge is -2.32. The monoisotopic (exact) mass is 647 g/mol. The number of hydrogen-bond donors (Lipinski definition) is 3. The normalized spacial score (nSPS) is 20.3. The molecule has 6 rings (SSSR count). The van der Waals surface area contributed by atoms with Gasteiger partial charge < -0.3 is 20.1 Å². The van der Waals surface area contributed by atoms with Gasteiger partial charge in [-0.05, 0) is 85.6 Å². The molecule has 46 heavy (non-hydrogen) atoms. The molecule has 1 aliphatic heterocycles. The zero-order chi connectivity index (χ0) is 32.8. The number of urea groups is 1. The number of pyridine rings is 1. The molecule has 3 heterocycles. The van der Waals surface area contributed by atoms with Crippen LogP contribution in [0.4, 0.5) is 10.5 Å². The molecular weight excluding hydrogens is 606 g/mol. The van der Waals surface area contributed by atoms with E-state index in [1.807, 2.05) is 67.8 Å². The van der Waals surface area contributed by atoms with Gasteiger partial charge in [-0.25, -0.2) is 18.4 Å². The third-order valence-electron chi connectivity index (χ3n) is 8.92. The molecule has 0 saturated carbocycles. The third-order valence-corrected chi connectivity index (χ3v) is 9.84. The molecule has 244 valence electrons. The number of hydrogen-bond acceptors (Lipinski definition) is 8. The molecule has 13 heteroatoms. The lowest BCUT2D eigenvalue weighted by Crippen LogP contribution is -2.36. The fourth-order valence-corrected chi connectivity index (χ4v) is 7.22. The first kappa shape index (κ1) is 31.8. The van der Waals surface area contributed by atoms with Gasteiger partial charge >= 0.3 is 6.03 Å². The summed E-state index contributed by atoms with van der Waals surface area (Å²) in [5, 5.41) is 20.3. The molecule has 1 aliphatic carbocycles. The molecule has 2 aromatic heterocycles. The highest BCUT2D eigenvalue weighted by Gasteiger charge is 2.31. The fraction of sp³-hybridized carbons (Fsp3) is 0.424. The van der Waals surface area contributed by atoms with Crippen LogP contribution in [0.1, 0.15) is 87.2 Å². The van der Waals surface area contributed by atoms with Gasteiger partial charge in [-0.3, -0.25) is 9.30 Å². The Balaban J connectivity index is 1.22. The zero-order valence-electron chi connectivity index (χ0n) is 26.8. The quantitative estimate of drug-likeness (QED) is 0.247. The number of methoxy groups -OCH3 is 1. The minimum absolute atomic E-state index is 0.0176. The van der Waals surface area contributed by atoms with E-state index in [2.05, 4.69) is 32.8 Å². The maximum absolute atomic E-state index is 13.4. The summed E-state index contributed by atoms with van der Waals surface area (Å²) in [6.45, 7) is 6.87. The van der Waals surface area contributed by atoms with Gasteiger partial charge in [0.25, 0.3) is 0 Å². The van der Waals surface area contributed by atoms with Crippen LogP contribution in [0.25, 0.3) is 5.65 Å². The summed E-state index contributed by atoms with van der Waals surface area (Å²) in [5.74, 6) is 1.62. The van der Waals surface area contributed by atoms with Crippen LogP contribution < -0.4 is 25.2 Å². The molecular formula is C33H41N7O5S. The zero-order valence-corrected chi connectivity index (χ0v) is 27.6. The second kappa shape index (κ2) is 12.2. The number of rotatable bonds is 7. The van der Waals surface area contributed by atoms with Gasteiger partial charge in [-0.15, -0.1) is 10.2 Å². The van der Waals surface area contributed by atoms with Crippen LogP contribution in [-0.4, -0.2) is 54.6 Å². The Labute approximate surface area is 269 Å². The van der Waals surface area contributed by atoms with Crippen molar-refractivity contribution in [2.45, 2.75) is 75.0 Å². The van der Waals surface area contributed by atoms with Crippen LogP contribution in [0.3, 0.4) is 0 Å². The minimum atomic E-state index is -4.13. The van der Waals surface area contributed by atoms with Crippen molar-refractivity contribution in [1.82, 2.24) is 24.8 Å². The van der Waals surface area contributed by atoms with Gasteiger partial charge in [0.1, 0.15) is 16.7 Å². The molecule has 1 fully saturated rings. The molecule has 2 amide bonds. The third kappa shape index (κ3) is 6.26. The molecule has 3 atom stereocenters. The smallest absolute Gasteiger partial charge is 0.319 e. The number of nitrogens with zero attached hydrogens (tertiary/aromatic N) is 4. The van der Waals surface area contributed by atoms with Crippen molar-refractivity contribution in [2.75, 3.05) is 26.0 Å². The molecule has 2 aromatic carbocycles. The van der Waals surface area contributed by atoms with E-state index in [4.69, 9.17) is 14.6 Å². The second-order valence-electron chi connectivity index (χ2n) is 13.1. The van der Waals surface area contributed by atoms with Gasteiger partial charge in [0.15, 0.2) is 17.2 Å². The Hall–Kier alpha value is -4.20. The predicted molar refractivity (Wildman–Crippen MR) is 175 cm³/mol. The van der Waals surface area contributed by atoms with E-state index in [1.54, 1.807) is 6.07 Å². The SMILES string of the molecule is COc1c(NC(=O)N[C@H]2CC[C@@H](Oc3ccc4nnc([C@@H]5CCCN5C)n4c3)c3ccccc32)cc(C(C)(C)C)cc1S(N)(=O)=O. The first-order valence-corrected chi connectivity index (χ1v) is 17.0. The first-order valence-electron chi connectivity index (χ1n) is 15.5. The Morgan fingerprint density at radius 3 is 2.48 bits per heavy atom. The topological polar surface area (TPSA) is 153 Å². The highest BCUT2D eigenvalue weighted by molar-refractivity contribution is 7.89. The Morgan fingerprint density at radius 2 is 1.80 bits per heavy atom. The number of nitrogens with two attached hydrogens (primary N) is 1. The van der Waals surface area contributed by atoms with Crippen LogP contribution in [0.15, 0.2) is 59.6 Å². The van der Waals surface area contributed by atoms with Gasteiger partial charge in [-0.1, -0.05) is 45.0 Å². The van der Waals surface area contributed by atoms with Crippen LogP contribution in [-0.2, 0) is 15.4 Å². The number of benzene rings is 2. The number of carbonyl (C=O) groups is 1. The number of aromatic nitrogens is 3. The first-order chi connectivity index (χ1) is 21.8. The molecule has 0 bridgehead atoms. The summed E-state index contributed by atoms with van der Waals surface area (Å²) < 4.78 is 38.9. The van der Waals surface area contributed by atoms with Crippen molar-refractivity contribution in [3.8, 4) is 11.5 Å². The number of primary sulfonamides is 1. The van der Waals surface area contributed by atoms with E-state index < -0.39 is 21.5 Å². The summed E-state index contributed by atoms with van der Waals surface area (Å²) in [6, 6.07) is 14.4. The van der Waals surface area contributed by atoms with Crippen molar-refractivity contribution in [1.29, 1.82) is 0 Å². The lowest BCUT2D eigenvalue weighted by molar-refractivity contribution is 0.171. The van der Waals surface area contributed by atoms with Crippen molar-refractivity contribution in [3.63, 3.8) is 0 Å². The second-order valence-corrected chi connectivity index (χ2v) is 14.6. The highest BCUT2D eigenvalue weighted by Crippen LogP contribution is 2.40. The van der Waals surface area contributed by atoms with E-state index in [9.17, 15) is 13.2 Å². The van der Waals surface area contributed by atoms with Crippen molar-refractivity contribution < 1.29 is 22.7 Å². The minimum Gasteiger partial charge on any atom is -0.493 e. The van der Waals surface area contributed by atoms with E-state index in [0.717, 1.165) is 47.7 Å². The molecule has 4 aromatic rings. The summed E-state index contributed by atoms with van der Waals surface area (Å²) in [7, 11) is -0.666. The van der Waals surface area contributed by atoms with Gasteiger partial charge in [0.05, 0.1) is 31.1 Å². The van der Waals surface area contributed by atoms with Crippen LogP contribution in [0, 0.1) is 0 Å². The van der Waals surface area contributed by atoms with E-state index >= 15 is 0 Å². The number of carbonyl (C=O) groups excluding carboxylic acids is 1. The summed E-state index contributed by atoms with van der Waals surface area (Å²) in [4.78, 5) is 15.5. The van der Waals surface area contributed by atoms with Crippen molar-refractivity contribution in [2.24, 2.45) is 5.14 Å². The maximum Gasteiger partial charge on any atom is 0.319 e. The van der Waals surface area contributed by atoms with Crippen molar-refractivity contribution in [3.05, 3.63) is 77.2 Å². The Morgan fingerprint density at radius 1 is 1.04 bits per heavy atom. The number of amides is 2. The Kier molecular flexibility index (Phi) is 8.42. The number of anilines is 1. The average Bonchev–Trinajstić information content (AvgIpc) is 3.62. The van der Waals surface area contributed by atoms with Gasteiger partial charge in [0, 0.05) is 0 Å². The molecule has 0 unspecified atom stereocenters.